The minimum Gasteiger partial charge on any atom is -0.378 e. The number of benzene rings is 1. The molecule has 0 spiro atoms. The number of guanidine groups is 1. The lowest BCUT2D eigenvalue weighted by Gasteiger charge is -2.21. The van der Waals surface area contributed by atoms with Crippen LogP contribution in [-0.4, -0.2) is 41.3 Å². The van der Waals surface area contributed by atoms with Crippen molar-refractivity contribution in [2.45, 2.75) is 46.8 Å². The minimum atomic E-state index is -0.292. The Hall–Kier alpha value is -2.41. The van der Waals surface area contributed by atoms with E-state index in [4.69, 9.17) is 4.74 Å². The van der Waals surface area contributed by atoms with Crippen LogP contribution in [0.3, 0.4) is 0 Å². The zero-order valence-corrected chi connectivity index (χ0v) is 17.3. The quantitative estimate of drug-likeness (QED) is 0.482. The van der Waals surface area contributed by atoms with Gasteiger partial charge in [0.25, 0.3) is 0 Å². The second kappa shape index (κ2) is 11.4. The summed E-state index contributed by atoms with van der Waals surface area (Å²) < 4.78 is 21.8. The third-order valence-electron chi connectivity index (χ3n) is 4.40. The number of nitrogens with zero attached hydrogens (tertiary/aromatic N) is 3. The van der Waals surface area contributed by atoms with Gasteiger partial charge in [-0.15, -0.1) is 0 Å². The first-order valence-corrected chi connectivity index (χ1v) is 9.95. The number of hydrogen-bond acceptors (Lipinski definition) is 3. The fraction of sp³-hybridized carbons (Fsp3) is 0.524. The fourth-order valence-electron chi connectivity index (χ4n) is 2.93. The van der Waals surface area contributed by atoms with Crippen LogP contribution < -0.4 is 10.6 Å². The number of nitrogens with one attached hydrogen (secondary N) is 2. The van der Waals surface area contributed by atoms with E-state index in [1.54, 1.807) is 29.4 Å². The molecule has 7 heteroatoms. The van der Waals surface area contributed by atoms with Crippen molar-refractivity contribution in [3.8, 4) is 5.69 Å². The van der Waals surface area contributed by atoms with E-state index in [1.165, 1.54) is 6.07 Å². The molecule has 2 aromatic rings. The summed E-state index contributed by atoms with van der Waals surface area (Å²) in [6.07, 6.45) is 6.06. The van der Waals surface area contributed by atoms with Crippen molar-refractivity contribution in [3.05, 3.63) is 48.3 Å². The summed E-state index contributed by atoms with van der Waals surface area (Å²) in [4.78, 5) is 8.53. The van der Waals surface area contributed by atoms with E-state index in [9.17, 15) is 4.39 Å². The predicted molar refractivity (Wildman–Crippen MR) is 111 cm³/mol. The van der Waals surface area contributed by atoms with Crippen LogP contribution in [0, 0.1) is 11.7 Å². The number of ether oxygens (including phenoxy) is 1. The van der Waals surface area contributed by atoms with E-state index in [0.29, 0.717) is 18.2 Å². The average molecular weight is 390 g/mol. The van der Waals surface area contributed by atoms with Crippen molar-refractivity contribution in [1.82, 2.24) is 20.2 Å². The molecule has 28 heavy (non-hydrogen) atoms. The average Bonchev–Trinajstić information content (AvgIpc) is 3.19. The second-order valence-electron chi connectivity index (χ2n) is 6.90. The summed E-state index contributed by atoms with van der Waals surface area (Å²) in [6.45, 7) is 11.0. The molecule has 1 unspecified atom stereocenters. The van der Waals surface area contributed by atoms with Crippen molar-refractivity contribution in [2.75, 3.05) is 19.7 Å². The maximum absolute atomic E-state index is 14.4. The van der Waals surface area contributed by atoms with Crippen LogP contribution in [0.5, 0.6) is 0 Å². The Balaban J connectivity index is 1.95. The Morgan fingerprint density at radius 2 is 2.11 bits per heavy atom. The minimum absolute atomic E-state index is 0.227. The molecule has 1 atom stereocenters. The van der Waals surface area contributed by atoms with Crippen LogP contribution in [0.4, 0.5) is 4.39 Å². The highest BCUT2D eigenvalue weighted by Crippen LogP contribution is 2.15. The Kier molecular flexibility index (Phi) is 8.94. The summed E-state index contributed by atoms with van der Waals surface area (Å²) in [6, 6.07) is 5.15. The zero-order valence-electron chi connectivity index (χ0n) is 17.3. The molecule has 1 aromatic heterocycles. The smallest absolute Gasteiger partial charge is 0.191 e. The van der Waals surface area contributed by atoms with Crippen molar-refractivity contribution in [2.24, 2.45) is 10.9 Å². The molecule has 0 amide bonds. The van der Waals surface area contributed by atoms with Gasteiger partial charge >= 0.3 is 0 Å². The van der Waals surface area contributed by atoms with Crippen LogP contribution in [0.25, 0.3) is 5.69 Å². The Bertz CT molecular complexity index is 730. The third kappa shape index (κ3) is 6.64. The number of aromatic nitrogens is 2. The molecule has 0 bridgehead atoms. The highest BCUT2D eigenvalue weighted by atomic mass is 19.1. The van der Waals surface area contributed by atoms with Crippen LogP contribution >= 0.6 is 0 Å². The summed E-state index contributed by atoms with van der Waals surface area (Å²) in [5.41, 5.74) is 1.29. The molecule has 0 fully saturated rings. The maximum Gasteiger partial charge on any atom is 0.191 e. The number of halogens is 1. The van der Waals surface area contributed by atoms with Crippen LogP contribution in [0.1, 0.15) is 39.7 Å². The van der Waals surface area contributed by atoms with Crippen molar-refractivity contribution in [3.63, 3.8) is 0 Å². The zero-order chi connectivity index (χ0) is 20.4. The van der Waals surface area contributed by atoms with E-state index in [1.807, 2.05) is 19.9 Å². The van der Waals surface area contributed by atoms with E-state index in [-0.39, 0.29) is 11.9 Å². The number of imidazole rings is 1. The summed E-state index contributed by atoms with van der Waals surface area (Å²) in [5.74, 6) is 0.902. The molecular formula is C21H32FN5O. The van der Waals surface area contributed by atoms with Crippen molar-refractivity contribution >= 4 is 5.96 Å². The molecular weight excluding hydrogens is 357 g/mol. The van der Waals surface area contributed by atoms with Gasteiger partial charge in [-0.2, -0.15) is 0 Å². The SMILES string of the molecule is CCNC(=NCc1ccc(-n2ccnc2)c(F)c1)NCCC(OCC)C(C)C. The van der Waals surface area contributed by atoms with Gasteiger partial charge in [-0.25, -0.2) is 14.4 Å². The molecule has 0 saturated heterocycles. The first kappa shape index (κ1) is 21.9. The number of rotatable bonds is 10. The van der Waals surface area contributed by atoms with Crippen LogP contribution in [0.15, 0.2) is 41.9 Å². The van der Waals surface area contributed by atoms with Gasteiger partial charge in [0.2, 0.25) is 0 Å². The number of hydrogen-bond donors (Lipinski definition) is 2. The summed E-state index contributed by atoms with van der Waals surface area (Å²) in [5, 5.41) is 6.56. The lowest BCUT2D eigenvalue weighted by Crippen LogP contribution is -2.39. The van der Waals surface area contributed by atoms with E-state index < -0.39 is 0 Å². The third-order valence-corrected chi connectivity index (χ3v) is 4.40. The molecule has 6 nitrogen and oxygen atoms in total. The Morgan fingerprint density at radius 1 is 1.29 bits per heavy atom. The lowest BCUT2D eigenvalue weighted by atomic mass is 10.0. The fourth-order valence-corrected chi connectivity index (χ4v) is 2.93. The lowest BCUT2D eigenvalue weighted by molar-refractivity contribution is 0.0258. The van der Waals surface area contributed by atoms with Gasteiger partial charge in [0.15, 0.2) is 5.96 Å². The van der Waals surface area contributed by atoms with Gasteiger partial charge in [0, 0.05) is 32.1 Å². The molecule has 1 aromatic carbocycles. The molecule has 0 saturated carbocycles. The molecule has 0 aliphatic heterocycles. The summed E-state index contributed by atoms with van der Waals surface area (Å²) in [7, 11) is 0. The molecule has 2 N–H and O–H groups in total. The highest BCUT2D eigenvalue weighted by Gasteiger charge is 2.13. The van der Waals surface area contributed by atoms with Gasteiger partial charge < -0.3 is 19.9 Å². The van der Waals surface area contributed by atoms with Crippen molar-refractivity contribution in [1.29, 1.82) is 0 Å². The van der Waals surface area contributed by atoms with Gasteiger partial charge in [-0.1, -0.05) is 19.9 Å². The molecule has 0 radical (unpaired) electrons. The van der Waals surface area contributed by atoms with Gasteiger partial charge in [-0.05, 0) is 43.9 Å². The Labute approximate surface area is 167 Å². The number of aliphatic imine (C=N–C) groups is 1. The van der Waals surface area contributed by atoms with Crippen LogP contribution in [0.2, 0.25) is 0 Å². The van der Waals surface area contributed by atoms with Gasteiger partial charge in [0.05, 0.1) is 24.7 Å². The first-order valence-electron chi connectivity index (χ1n) is 9.95. The summed E-state index contributed by atoms with van der Waals surface area (Å²) >= 11 is 0. The van der Waals surface area contributed by atoms with Crippen LogP contribution in [-0.2, 0) is 11.3 Å². The van der Waals surface area contributed by atoms with Gasteiger partial charge in [-0.3, -0.25) is 0 Å². The van der Waals surface area contributed by atoms with Crippen molar-refractivity contribution < 1.29 is 9.13 Å². The molecule has 0 aliphatic carbocycles. The molecule has 2 rings (SSSR count). The topological polar surface area (TPSA) is 63.5 Å². The van der Waals surface area contributed by atoms with Gasteiger partial charge in [0.1, 0.15) is 5.82 Å². The van der Waals surface area contributed by atoms with E-state index in [0.717, 1.165) is 37.6 Å². The molecule has 154 valence electrons. The predicted octanol–water partition coefficient (Wildman–Crippen LogP) is 3.52. The highest BCUT2D eigenvalue weighted by molar-refractivity contribution is 5.79. The normalized spacial score (nSPS) is 13.0. The van der Waals surface area contributed by atoms with E-state index >= 15 is 0 Å². The first-order chi connectivity index (χ1) is 13.5. The molecule has 1 heterocycles. The van der Waals surface area contributed by atoms with E-state index in [2.05, 4.69) is 34.5 Å². The largest absolute Gasteiger partial charge is 0.378 e. The second-order valence-corrected chi connectivity index (χ2v) is 6.90. The monoisotopic (exact) mass is 389 g/mol. The standard InChI is InChI=1S/C21H32FN5O/c1-5-24-21(25-10-9-20(16(3)4)28-6-2)26-14-17-7-8-19(18(22)13-17)27-12-11-23-15-27/h7-8,11-13,15-16,20H,5-6,9-10,14H2,1-4H3,(H2,24,25,26). The Morgan fingerprint density at radius 3 is 2.71 bits per heavy atom. The maximum atomic E-state index is 14.4. The molecule has 0 aliphatic rings.